The molecule has 0 radical (unpaired) electrons. The first-order chi connectivity index (χ1) is 16.3. The summed E-state index contributed by atoms with van der Waals surface area (Å²) in [5.74, 6) is 1.12. The summed E-state index contributed by atoms with van der Waals surface area (Å²) in [4.78, 5) is 12.7. The largest absolute Gasteiger partial charge is 0.493 e. The molecule has 1 amide bonds. The number of thioether (sulfide) groups is 1. The zero-order valence-electron chi connectivity index (χ0n) is 19.5. The highest BCUT2D eigenvalue weighted by atomic mass is 35.5. The van der Waals surface area contributed by atoms with Gasteiger partial charge >= 0.3 is 0 Å². The lowest BCUT2D eigenvalue weighted by molar-refractivity contribution is -0.119. The van der Waals surface area contributed by atoms with Crippen molar-refractivity contribution < 1.29 is 22.7 Å². The Kier molecular flexibility index (Phi) is 9.79. The van der Waals surface area contributed by atoms with E-state index in [0.29, 0.717) is 28.3 Å². The van der Waals surface area contributed by atoms with Crippen molar-refractivity contribution in [1.29, 1.82) is 0 Å². The van der Waals surface area contributed by atoms with E-state index in [-0.39, 0.29) is 23.1 Å². The lowest BCUT2D eigenvalue weighted by Gasteiger charge is -2.25. The Morgan fingerprint density at radius 3 is 2.38 bits per heavy atom. The number of methoxy groups -OCH3 is 2. The highest BCUT2D eigenvalue weighted by Gasteiger charge is 2.28. The third kappa shape index (κ3) is 6.96. The molecule has 0 saturated heterocycles. The monoisotopic (exact) mass is 526 g/mol. The molecule has 1 fully saturated rings. The average molecular weight is 527 g/mol. The molecule has 0 atom stereocenters. The number of ether oxygens (including phenoxy) is 2. The second-order valence-corrected chi connectivity index (χ2v) is 11.7. The minimum atomic E-state index is -4.08. The summed E-state index contributed by atoms with van der Waals surface area (Å²) >= 11 is 7.87. The summed E-state index contributed by atoms with van der Waals surface area (Å²) in [5.41, 5.74) is 0.339. The Hall–Kier alpha value is -2.10. The molecular formula is C24H31ClN2O5S2. The highest BCUT2D eigenvalue weighted by molar-refractivity contribution is 7.99. The Labute approximate surface area is 211 Å². The van der Waals surface area contributed by atoms with Gasteiger partial charge in [-0.3, -0.25) is 9.10 Å². The van der Waals surface area contributed by atoms with Crippen LogP contribution in [0.4, 0.5) is 5.69 Å². The molecule has 7 nitrogen and oxygen atoms in total. The van der Waals surface area contributed by atoms with E-state index in [4.69, 9.17) is 21.1 Å². The van der Waals surface area contributed by atoms with Crippen LogP contribution in [-0.2, 0) is 14.8 Å². The molecule has 2 aromatic rings. The van der Waals surface area contributed by atoms with E-state index < -0.39 is 10.0 Å². The fourth-order valence-electron chi connectivity index (χ4n) is 3.86. The number of nitrogens with zero attached hydrogens (tertiary/aromatic N) is 1. The number of amides is 1. The molecule has 0 unspecified atom stereocenters. The molecule has 0 aromatic heterocycles. The van der Waals surface area contributed by atoms with Gasteiger partial charge in [-0.25, -0.2) is 8.42 Å². The number of hydrogen-bond acceptors (Lipinski definition) is 6. The van der Waals surface area contributed by atoms with Crippen molar-refractivity contribution in [3.8, 4) is 11.5 Å². The van der Waals surface area contributed by atoms with Gasteiger partial charge in [0.25, 0.3) is 10.0 Å². The van der Waals surface area contributed by atoms with Crippen molar-refractivity contribution in [2.45, 2.75) is 42.2 Å². The number of benzene rings is 2. The second-order valence-electron chi connectivity index (χ2n) is 7.99. The standard InChI is InChI=1S/C24H31ClN2O5S2/c1-31-22-13-12-21(16-23(22)32-2)34(29,30)27(19-10-8-18(25)9-11-19)17-24(28)26-14-15-33-20-6-4-3-5-7-20/h8-13,16,20H,3-7,14-15,17H2,1-2H3,(H,26,28). The number of carbonyl (C=O) groups is 1. The zero-order valence-corrected chi connectivity index (χ0v) is 21.8. The van der Waals surface area contributed by atoms with Crippen LogP contribution >= 0.6 is 23.4 Å². The maximum atomic E-state index is 13.6. The van der Waals surface area contributed by atoms with E-state index in [9.17, 15) is 13.2 Å². The van der Waals surface area contributed by atoms with Crippen LogP contribution in [-0.4, -0.2) is 52.6 Å². The first-order valence-electron chi connectivity index (χ1n) is 11.2. The van der Waals surface area contributed by atoms with Crippen LogP contribution in [0, 0.1) is 0 Å². The number of carbonyl (C=O) groups excluding carboxylic acids is 1. The number of hydrogen-bond donors (Lipinski definition) is 1. The molecule has 1 aliphatic rings. The van der Waals surface area contributed by atoms with Crippen LogP contribution in [0.5, 0.6) is 11.5 Å². The lowest BCUT2D eigenvalue weighted by Crippen LogP contribution is -2.41. The van der Waals surface area contributed by atoms with Crippen LogP contribution in [0.1, 0.15) is 32.1 Å². The Morgan fingerprint density at radius 2 is 1.74 bits per heavy atom. The zero-order chi connectivity index (χ0) is 24.6. The SMILES string of the molecule is COc1ccc(S(=O)(=O)N(CC(=O)NCCSC2CCCCC2)c2ccc(Cl)cc2)cc1OC. The first kappa shape index (κ1) is 26.5. The van der Waals surface area contributed by atoms with Gasteiger partial charge in [-0.05, 0) is 49.2 Å². The summed E-state index contributed by atoms with van der Waals surface area (Å²) in [5, 5.41) is 3.98. The molecule has 0 spiro atoms. The van der Waals surface area contributed by atoms with E-state index in [2.05, 4.69) is 5.32 Å². The Balaban J connectivity index is 1.74. The van der Waals surface area contributed by atoms with Gasteiger partial charge in [0.2, 0.25) is 5.91 Å². The predicted molar refractivity (Wildman–Crippen MR) is 138 cm³/mol. The Morgan fingerprint density at radius 1 is 1.06 bits per heavy atom. The molecule has 186 valence electrons. The van der Waals surface area contributed by atoms with E-state index in [1.165, 1.54) is 64.5 Å². The maximum absolute atomic E-state index is 13.6. The van der Waals surface area contributed by atoms with Crippen LogP contribution in [0.15, 0.2) is 47.4 Å². The first-order valence-corrected chi connectivity index (χ1v) is 14.1. The van der Waals surface area contributed by atoms with Gasteiger partial charge in [-0.15, -0.1) is 0 Å². The summed E-state index contributed by atoms with van der Waals surface area (Å²) < 4.78 is 38.7. The molecular weight excluding hydrogens is 496 g/mol. The Bertz CT molecular complexity index is 1060. The van der Waals surface area contributed by atoms with Crippen molar-refractivity contribution in [3.05, 3.63) is 47.5 Å². The maximum Gasteiger partial charge on any atom is 0.264 e. The molecule has 1 aliphatic carbocycles. The fourth-order valence-corrected chi connectivity index (χ4v) is 6.64. The molecule has 34 heavy (non-hydrogen) atoms. The van der Waals surface area contributed by atoms with Crippen LogP contribution in [0.2, 0.25) is 5.02 Å². The smallest absolute Gasteiger partial charge is 0.264 e. The van der Waals surface area contributed by atoms with Gasteiger partial charge in [0, 0.05) is 28.6 Å². The third-order valence-corrected chi connectivity index (χ3v) is 9.08. The van der Waals surface area contributed by atoms with E-state index in [1.54, 1.807) is 24.3 Å². The van der Waals surface area contributed by atoms with Crippen molar-refractivity contribution in [2.24, 2.45) is 0 Å². The number of anilines is 1. The van der Waals surface area contributed by atoms with Gasteiger partial charge in [-0.2, -0.15) is 11.8 Å². The molecule has 2 aromatic carbocycles. The van der Waals surface area contributed by atoms with Gasteiger partial charge in [-0.1, -0.05) is 30.9 Å². The molecule has 1 N–H and O–H groups in total. The average Bonchev–Trinajstić information content (AvgIpc) is 2.86. The summed E-state index contributed by atoms with van der Waals surface area (Å²) in [6.07, 6.45) is 6.31. The van der Waals surface area contributed by atoms with Crippen LogP contribution in [0.3, 0.4) is 0 Å². The number of nitrogens with one attached hydrogen (secondary N) is 1. The van der Waals surface area contributed by atoms with Gasteiger partial charge in [0.1, 0.15) is 6.54 Å². The van der Waals surface area contributed by atoms with Gasteiger partial charge < -0.3 is 14.8 Å². The topological polar surface area (TPSA) is 84.9 Å². The summed E-state index contributed by atoms with van der Waals surface area (Å²) in [6, 6.07) is 10.7. The van der Waals surface area contributed by atoms with Crippen molar-refractivity contribution in [1.82, 2.24) is 5.32 Å². The predicted octanol–water partition coefficient (Wildman–Crippen LogP) is 4.73. The van der Waals surface area contributed by atoms with Gasteiger partial charge in [0.15, 0.2) is 11.5 Å². The van der Waals surface area contributed by atoms with Crippen molar-refractivity contribution in [3.63, 3.8) is 0 Å². The number of sulfonamides is 1. The highest BCUT2D eigenvalue weighted by Crippen LogP contribution is 2.32. The second kappa shape index (κ2) is 12.6. The van der Waals surface area contributed by atoms with Crippen molar-refractivity contribution in [2.75, 3.05) is 37.4 Å². The van der Waals surface area contributed by atoms with E-state index in [0.717, 1.165) is 10.1 Å². The molecule has 0 aliphatic heterocycles. The lowest BCUT2D eigenvalue weighted by atomic mass is 10.0. The van der Waals surface area contributed by atoms with E-state index in [1.807, 2.05) is 11.8 Å². The van der Waals surface area contributed by atoms with Crippen LogP contribution < -0.4 is 19.1 Å². The van der Waals surface area contributed by atoms with Crippen LogP contribution in [0.25, 0.3) is 0 Å². The number of halogens is 1. The molecule has 3 rings (SSSR count). The quantitative estimate of drug-likeness (QED) is 0.426. The summed E-state index contributed by atoms with van der Waals surface area (Å²) in [7, 11) is -1.17. The minimum absolute atomic E-state index is 0.0132. The fraction of sp³-hybridized carbons (Fsp3) is 0.458. The molecule has 10 heteroatoms. The summed E-state index contributed by atoms with van der Waals surface area (Å²) in [6.45, 7) is 0.136. The molecule has 0 heterocycles. The third-order valence-electron chi connectivity index (χ3n) is 5.67. The normalized spacial score (nSPS) is 14.4. The molecule has 1 saturated carbocycles. The molecule has 0 bridgehead atoms. The minimum Gasteiger partial charge on any atom is -0.493 e. The number of rotatable bonds is 11. The van der Waals surface area contributed by atoms with E-state index >= 15 is 0 Å². The van der Waals surface area contributed by atoms with Crippen molar-refractivity contribution >= 4 is 45.0 Å². The van der Waals surface area contributed by atoms with Gasteiger partial charge in [0.05, 0.1) is 24.8 Å².